The van der Waals surface area contributed by atoms with Crippen molar-refractivity contribution in [1.29, 1.82) is 0 Å². The molecule has 0 spiro atoms. The summed E-state index contributed by atoms with van der Waals surface area (Å²) < 4.78 is 6.66. The molecule has 0 aliphatic carbocycles. The largest absolute Gasteiger partial charge is 0.307 e. The van der Waals surface area contributed by atoms with E-state index in [9.17, 15) is 0 Å². The van der Waals surface area contributed by atoms with Crippen molar-refractivity contribution < 1.29 is 0 Å². The summed E-state index contributed by atoms with van der Waals surface area (Å²) in [6.07, 6.45) is 0. The van der Waals surface area contributed by atoms with E-state index in [1.54, 1.807) is 0 Å². The lowest BCUT2D eigenvalue weighted by molar-refractivity contribution is 1.19. The van der Waals surface area contributed by atoms with Crippen molar-refractivity contribution in [3.8, 4) is 5.69 Å². The van der Waals surface area contributed by atoms with Crippen LogP contribution in [0.25, 0.3) is 67.8 Å². The normalized spacial score (nSPS) is 12.2. The average Bonchev–Trinajstić information content (AvgIpc) is 3.52. The van der Waals surface area contributed by atoms with E-state index in [4.69, 9.17) is 0 Å². The molecule has 0 radical (unpaired) electrons. The molecule has 154 valence electrons. The van der Waals surface area contributed by atoms with Gasteiger partial charge in [0.1, 0.15) is 0 Å². The summed E-state index contributed by atoms with van der Waals surface area (Å²) in [7, 11) is 0. The third-order valence-corrected chi connectivity index (χ3v) is 9.28. The maximum atomic E-state index is 2.50. The first-order chi connectivity index (χ1) is 16.4. The summed E-state index contributed by atoms with van der Waals surface area (Å²) in [6.45, 7) is 0. The zero-order valence-electron chi connectivity index (χ0n) is 17.6. The second kappa shape index (κ2) is 6.44. The fourth-order valence-corrected chi connectivity index (χ4v) is 8.13. The lowest BCUT2D eigenvalue weighted by atomic mass is 10.0. The van der Waals surface area contributed by atoms with Gasteiger partial charge in [-0.3, -0.25) is 0 Å². The van der Waals surface area contributed by atoms with Crippen molar-refractivity contribution in [1.82, 2.24) is 4.57 Å². The molecule has 0 saturated heterocycles. The molecule has 3 aromatic heterocycles. The standard InChI is InChI=1S/C30H17NS2/c1-2-9-19(10-3-1)31-27-20-11-5-4-8-18(20)14-15-21(27)22-16-17-24-26-23-12-6-7-13-25(23)32-30(26)33-29(24)28(22)31/h1-17H. The van der Waals surface area contributed by atoms with Gasteiger partial charge in [0.2, 0.25) is 0 Å². The number of nitrogens with zero attached hydrogens (tertiary/aromatic N) is 1. The molecule has 0 amide bonds. The van der Waals surface area contributed by atoms with Gasteiger partial charge in [-0.05, 0) is 23.6 Å². The molecular formula is C30H17NS2. The number of hydrogen-bond acceptors (Lipinski definition) is 2. The van der Waals surface area contributed by atoms with Crippen LogP contribution >= 0.6 is 22.7 Å². The van der Waals surface area contributed by atoms with Crippen LogP contribution in [0.15, 0.2) is 103 Å². The fourth-order valence-electron chi connectivity index (χ4n) is 5.41. The molecule has 0 bridgehead atoms. The predicted octanol–water partition coefficient (Wildman–Crippen LogP) is 9.52. The number of hydrogen-bond donors (Lipinski definition) is 0. The maximum Gasteiger partial charge on any atom is 0.0891 e. The van der Waals surface area contributed by atoms with Crippen molar-refractivity contribution in [2.45, 2.75) is 0 Å². The number of thiophene rings is 2. The number of benzene rings is 5. The van der Waals surface area contributed by atoms with E-state index < -0.39 is 0 Å². The van der Waals surface area contributed by atoms with E-state index in [-0.39, 0.29) is 0 Å². The van der Waals surface area contributed by atoms with E-state index in [0.29, 0.717) is 0 Å². The van der Waals surface area contributed by atoms with E-state index in [1.165, 1.54) is 67.8 Å². The molecule has 0 fully saturated rings. The van der Waals surface area contributed by atoms with Crippen LogP contribution in [0.4, 0.5) is 0 Å². The molecule has 33 heavy (non-hydrogen) atoms. The molecule has 0 N–H and O–H groups in total. The topological polar surface area (TPSA) is 4.93 Å². The van der Waals surface area contributed by atoms with Gasteiger partial charge >= 0.3 is 0 Å². The van der Waals surface area contributed by atoms with Gasteiger partial charge in [0.25, 0.3) is 0 Å². The van der Waals surface area contributed by atoms with Gasteiger partial charge in [0, 0.05) is 42.7 Å². The monoisotopic (exact) mass is 455 g/mol. The highest BCUT2D eigenvalue weighted by Crippen LogP contribution is 2.48. The molecule has 5 aromatic carbocycles. The molecule has 8 aromatic rings. The molecule has 3 heterocycles. The molecule has 3 heteroatoms. The highest BCUT2D eigenvalue weighted by molar-refractivity contribution is 7.45. The Hall–Kier alpha value is -3.66. The van der Waals surface area contributed by atoms with Crippen molar-refractivity contribution in [2.75, 3.05) is 0 Å². The lowest BCUT2D eigenvalue weighted by Gasteiger charge is -2.10. The van der Waals surface area contributed by atoms with Gasteiger partial charge < -0.3 is 4.57 Å². The van der Waals surface area contributed by atoms with Crippen molar-refractivity contribution in [3.63, 3.8) is 0 Å². The highest BCUT2D eigenvalue weighted by atomic mass is 32.2. The second-order valence-electron chi connectivity index (χ2n) is 8.55. The van der Waals surface area contributed by atoms with E-state index in [1.807, 2.05) is 22.7 Å². The minimum atomic E-state index is 1.21. The zero-order valence-corrected chi connectivity index (χ0v) is 19.2. The summed E-state index contributed by atoms with van der Waals surface area (Å²) in [5, 5.41) is 9.36. The predicted molar refractivity (Wildman–Crippen MR) is 147 cm³/mol. The third kappa shape index (κ3) is 2.31. The maximum absolute atomic E-state index is 2.50. The Morgan fingerprint density at radius 1 is 0.485 bits per heavy atom. The van der Waals surface area contributed by atoms with Gasteiger partial charge in [0.05, 0.1) is 19.7 Å². The molecule has 0 aliphatic rings. The SMILES string of the molecule is c1ccc(-n2c3c4ccccc4ccc3c3ccc4c(sc5sc6ccccc6c54)c32)cc1. The first-order valence-corrected chi connectivity index (χ1v) is 12.8. The Bertz CT molecular complexity index is 2020. The van der Waals surface area contributed by atoms with Gasteiger partial charge in [-0.2, -0.15) is 0 Å². The van der Waals surface area contributed by atoms with E-state index in [0.717, 1.165) is 0 Å². The van der Waals surface area contributed by atoms with E-state index >= 15 is 0 Å². The molecule has 8 rings (SSSR count). The van der Waals surface area contributed by atoms with Crippen LogP contribution in [0.1, 0.15) is 0 Å². The minimum Gasteiger partial charge on any atom is -0.307 e. The first-order valence-electron chi connectivity index (χ1n) is 11.1. The summed E-state index contributed by atoms with van der Waals surface area (Å²) in [5.74, 6) is 0. The number of aromatic nitrogens is 1. The van der Waals surface area contributed by atoms with Crippen molar-refractivity contribution in [3.05, 3.63) is 103 Å². The Kier molecular flexibility index (Phi) is 3.48. The van der Waals surface area contributed by atoms with Gasteiger partial charge in [-0.1, -0.05) is 84.9 Å². The number of para-hydroxylation sites is 1. The number of fused-ring (bicyclic) bond motifs is 11. The molecule has 0 atom stereocenters. The van der Waals surface area contributed by atoms with E-state index in [2.05, 4.69) is 108 Å². The smallest absolute Gasteiger partial charge is 0.0891 e. The molecule has 0 aliphatic heterocycles. The molecule has 0 saturated carbocycles. The average molecular weight is 456 g/mol. The summed E-state index contributed by atoms with van der Waals surface area (Å²) in [6, 6.07) is 37.6. The second-order valence-corrected chi connectivity index (χ2v) is 10.9. The van der Waals surface area contributed by atoms with Crippen LogP contribution < -0.4 is 0 Å². The summed E-state index contributed by atoms with van der Waals surface area (Å²) >= 11 is 3.86. The Labute approximate surface area is 197 Å². The van der Waals surface area contributed by atoms with Crippen LogP contribution in [0.3, 0.4) is 0 Å². The van der Waals surface area contributed by atoms with Gasteiger partial charge in [-0.15, -0.1) is 22.7 Å². The van der Waals surface area contributed by atoms with Crippen molar-refractivity contribution in [2.24, 2.45) is 0 Å². The van der Waals surface area contributed by atoms with Crippen LogP contribution in [-0.2, 0) is 0 Å². The molecule has 0 unspecified atom stereocenters. The minimum absolute atomic E-state index is 1.21. The zero-order chi connectivity index (χ0) is 21.5. The number of rotatable bonds is 1. The Morgan fingerprint density at radius 2 is 1.18 bits per heavy atom. The van der Waals surface area contributed by atoms with Crippen LogP contribution in [-0.4, -0.2) is 4.57 Å². The summed E-state index contributed by atoms with van der Waals surface area (Å²) in [5.41, 5.74) is 3.83. The highest BCUT2D eigenvalue weighted by Gasteiger charge is 2.20. The van der Waals surface area contributed by atoms with Crippen molar-refractivity contribution >= 4 is 84.8 Å². The van der Waals surface area contributed by atoms with Crippen LogP contribution in [0, 0.1) is 0 Å². The van der Waals surface area contributed by atoms with Crippen LogP contribution in [0.2, 0.25) is 0 Å². The van der Waals surface area contributed by atoms with Crippen LogP contribution in [0.5, 0.6) is 0 Å². The fraction of sp³-hybridized carbons (Fsp3) is 0. The quantitative estimate of drug-likeness (QED) is 0.232. The third-order valence-electron chi connectivity index (χ3n) is 6.81. The van der Waals surface area contributed by atoms with Gasteiger partial charge in [-0.25, -0.2) is 0 Å². The Balaban J connectivity index is 1.67. The summed E-state index contributed by atoms with van der Waals surface area (Å²) in [4.78, 5) is 0. The Morgan fingerprint density at radius 3 is 2.09 bits per heavy atom. The first kappa shape index (κ1) is 17.8. The van der Waals surface area contributed by atoms with Gasteiger partial charge in [0.15, 0.2) is 0 Å². The lowest BCUT2D eigenvalue weighted by Crippen LogP contribution is -1.94. The molecule has 1 nitrogen and oxygen atoms in total. The molecular weight excluding hydrogens is 438 g/mol.